The summed E-state index contributed by atoms with van der Waals surface area (Å²) in [5, 5.41) is 10.5. The third-order valence-corrected chi connectivity index (χ3v) is 4.64. The van der Waals surface area contributed by atoms with Gasteiger partial charge in [-0.1, -0.05) is 11.2 Å². The number of fused-ring (bicyclic) bond motifs is 1. The molecule has 27 heavy (non-hydrogen) atoms. The number of hydrogen-bond acceptors (Lipinski definition) is 5. The van der Waals surface area contributed by atoms with Crippen molar-refractivity contribution in [2.75, 3.05) is 0 Å². The number of carbonyl (C=O) groups excluding carboxylic acids is 1. The molecule has 0 radical (unpaired) electrons. The Morgan fingerprint density at radius 1 is 1.37 bits per heavy atom. The summed E-state index contributed by atoms with van der Waals surface area (Å²) >= 11 is 0. The molecule has 0 fully saturated rings. The predicted molar refractivity (Wildman–Crippen MR) is 91.2 cm³/mol. The monoisotopic (exact) mass is 373 g/mol. The molecule has 2 aromatic heterocycles. The van der Waals surface area contributed by atoms with E-state index in [1.54, 1.807) is 23.9 Å². The molecule has 1 aliphatic rings. The van der Waals surface area contributed by atoms with Crippen LogP contribution in [-0.2, 0) is 13.5 Å². The zero-order valence-corrected chi connectivity index (χ0v) is 14.7. The van der Waals surface area contributed by atoms with Gasteiger partial charge in [0.15, 0.2) is 0 Å². The molecule has 2 heterocycles. The standard InChI is InChI=1S/C18H17F2N5O2/c1-9-7-14(25(2)23-9)17(26)21-13-6-4-10-8-11(3-5-12(10)13)18-22-16(15(19)20)24-27-18/h3,5,7-8,13,15H,4,6H2,1-2H3,(H,21,26). The van der Waals surface area contributed by atoms with Crippen LogP contribution in [0.15, 0.2) is 28.8 Å². The fourth-order valence-electron chi connectivity index (χ4n) is 3.40. The number of hydrogen-bond donors (Lipinski definition) is 1. The minimum absolute atomic E-state index is 0.0611. The maximum atomic E-state index is 12.6. The molecule has 0 spiro atoms. The summed E-state index contributed by atoms with van der Waals surface area (Å²) < 4.78 is 31.7. The highest BCUT2D eigenvalue weighted by molar-refractivity contribution is 5.93. The smallest absolute Gasteiger partial charge is 0.300 e. The van der Waals surface area contributed by atoms with Gasteiger partial charge in [0.2, 0.25) is 5.82 Å². The van der Waals surface area contributed by atoms with Crippen LogP contribution < -0.4 is 5.32 Å². The highest BCUT2D eigenvalue weighted by Gasteiger charge is 2.26. The highest BCUT2D eigenvalue weighted by atomic mass is 19.3. The summed E-state index contributed by atoms with van der Waals surface area (Å²) in [6, 6.07) is 7.07. The van der Waals surface area contributed by atoms with Crippen LogP contribution >= 0.6 is 0 Å². The number of benzene rings is 1. The van der Waals surface area contributed by atoms with E-state index in [0.717, 1.165) is 29.7 Å². The molecule has 0 saturated carbocycles. The van der Waals surface area contributed by atoms with Crippen molar-refractivity contribution in [3.8, 4) is 11.5 Å². The third kappa shape index (κ3) is 3.20. The van der Waals surface area contributed by atoms with Crippen LogP contribution in [0.25, 0.3) is 11.5 Å². The summed E-state index contributed by atoms with van der Waals surface area (Å²) in [5.41, 5.74) is 3.89. The lowest BCUT2D eigenvalue weighted by Crippen LogP contribution is -2.28. The minimum Gasteiger partial charge on any atom is -0.344 e. The average Bonchev–Trinajstić information content (AvgIpc) is 3.33. The zero-order valence-electron chi connectivity index (χ0n) is 14.7. The number of carbonyl (C=O) groups is 1. The lowest BCUT2D eigenvalue weighted by molar-refractivity contribution is 0.0927. The van der Waals surface area contributed by atoms with Crippen molar-refractivity contribution in [3.05, 3.63) is 52.6 Å². The second-order valence-corrected chi connectivity index (χ2v) is 6.53. The van der Waals surface area contributed by atoms with Gasteiger partial charge >= 0.3 is 6.43 Å². The first-order valence-electron chi connectivity index (χ1n) is 8.49. The molecule has 0 saturated heterocycles. The molecule has 3 aromatic rings. The van der Waals surface area contributed by atoms with E-state index in [9.17, 15) is 13.6 Å². The minimum atomic E-state index is -2.77. The van der Waals surface area contributed by atoms with E-state index in [2.05, 4.69) is 20.6 Å². The molecule has 1 unspecified atom stereocenters. The molecule has 1 aromatic carbocycles. The molecule has 0 aliphatic heterocycles. The van der Waals surface area contributed by atoms with Crippen LogP contribution in [-0.4, -0.2) is 25.8 Å². The van der Waals surface area contributed by atoms with Crippen LogP contribution in [0, 0.1) is 6.92 Å². The Hall–Kier alpha value is -3.10. The van der Waals surface area contributed by atoms with E-state index >= 15 is 0 Å². The van der Waals surface area contributed by atoms with Gasteiger partial charge in [0.25, 0.3) is 11.8 Å². The number of amides is 1. The molecule has 4 rings (SSSR count). The molecule has 140 valence electrons. The van der Waals surface area contributed by atoms with Crippen molar-refractivity contribution in [2.45, 2.75) is 32.2 Å². The third-order valence-electron chi connectivity index (χ3n) is 4.64. The molecule has 1 amide bonds. The van der Waals surface area contributed by atoms with Crippen molar-refractivity contribution in [1.82, 2.24) is 25.2 Å². The zero-order chi connectivity index (χ0) is 19.1. The number of alkyl halides is 2. The van der Waals surface area contributed by atoms with E-state index in [0.29, 0.717) is 11.3 Å². The number of nitrogens with zero attached hydrogens (tertiary/aromatic N) is 4. The fraction of sp³-hybridized carbons (Fsp3) is 0.333. The number of rotatable bonds is 4. The van der Waals surface area contributed by atoms with Crippen LogP contribution in [0.1, 0.15) is 52.0 Å². The number of aromatic nitrogens is 4. The van der Waals surface area contributed by atoms with Crippen molar-refractivity contribution in [1.29, 1.82) is 0 Å². The molecular formula is C18H17F2N5O2. The summed E-state index contributed by atoms with van der Waals surface area (Å²) in [5.74, 6) is -0.744. The summed E-state index contributed by atoms with van der Waals surface area (Å²) in [6.45, 7) is 1.83. The first kappa shape index (κ1) is 17.3. The van der Waals surface area contributed by atoms with Gasteiger partial charge in [0.05, 0.1) is 11.7 Å². The van der Waals surface area contributed by atoms with Crippen LogP contribution in [0.5, 0.6) is 0 Å². The fourth-order valence-corrected chi connectivity index (χ4v) is 3.40. The van der Waals surface area contributed by atoms with Crippen molar-refractivity contribution < 1.29 is 18.1 Å². The highest BCUT2D eigenvalue weighted by Crippen LogP contribution is 2.34. The van der Waals surface area contributed by atoms with Crippen LogP contribution in [0.2, 0.25) is 0 Å². The van der Waals surface area contributed by atoms with Gasteiger partial charge in [0, 0.05) is 12.6 Å². The van der Waals surface area contributed by atoms with E-state index in [4.69, 9.17) is 4.52 Å². The summed E-state index contributed by atoms with van der Waals surface area (Å²) in [7, 11) is 1.73. The van der Waals surface area contributed by atoms with Crippen molar-refractivity contribution >= 4 is 5.91 Å². The number of aryl methyl sites for hydroxylation is 3. The number of halogens is 2. The lowest BCUT2D eigenvalue weighted by Gasteiger charge is -2.14. The van der Waals surface area contributed by atoms with Crippen LogP contribution in [0.3, 0.4) is 0 Å². The SMILES string of the molecule is Cc1cc(C(=O)NC2CCc3cc(-c4nc(C(F)F)no4)ccc32)n(C)n1. The van der Waals surface area contributed by atoms with Gasteiger partial charge < -0.3 is 9.84 Å². The predicted octanol–water partition coefficient (Wildman–Crippen LogP) is 3.13. The molecule has 9 heteroatoms. The van der Waals surface area contributed by atoms with Gasteiger partial charge in [-0.05, 0) is 49.1 Å². The normalized spacial score (nSPS) is 16.0. The molecular weight excluding hydrogens is 356 g/mol. The van der Waals surface area contributed by atoms with Crippen LogP contribution in [0.4, 0.5) is 8.78 Å². The van der Waals surface area contributed by atoms with Gasteiger partial charge in [-0.15, -0.1) is 0 Å². The first-order chi connectivity index (χ1) is 12.9. The van der Waals surface area contributed by atoms with E-state index in [1.807, 2.05) is 19.1 Å². The maximum Gasteiger partial charge on any atom is 0.300 e. The van der Waals surface area contributed by atoms with E-state index in [-0.39, 0.29) is 17.8 Å². The second-order valence-electron chi connectivity index (χ2n) is 6.53. The molecule has 0 bridgehead atoms. The summed E-state index contributed by atoms with van der Waals surface area (Å²) in [6.07, 6.45) is -1.26. The molecule has 7 nitrogen and oxygen atoms in total. The van der Waals surface area contributed by atoms with Crippen molar-refractivity contribution in [2.24, 2.45) is 7.05 Å². The Morgan fingerprint density at radius 2 is 2.19 bits per heavy atom. The first-order valence-corrected chi connectivity index (χ1v) is 8.49. The van der Waals surface area contributed by atoms with Gasteiger partial charge in [-0.3, -0.25) is 9.48 Å². The van der Waals surface area contributed by atoms with Crippen molar-refractivity contribution in [3.63, 3.8) is 0 Å². The molecule has 1 aliphatic carbocycles. The van der Waals surface area contributed by atoms with E-state index in [1.165, 1.54) is 0 Å². The summed E-state index contributed by atoms with van der Waals surface area (Å²) in [4.78, 5) is 16.2. The van der Waals surface area contributed by atoms with Gasteiger partial charge in [-0.25, -0.2) is 8.78 Å². The topological polar surface area (TPSA) is 85.8 Å². The lowest BCUT2D eigenvalue weighted by atomic mass is 10.0. The largest absolute Gasteiger partial charge is 0.344 e. The molecule has 1 atom stereocenters. The van der Waals surface area contributed by atoms with Gasteiger partial charge in [-0.2, -0.15) is 10.1 Å². The Balaban J connectivity index is 1.54. The maximum absolute atomic E-state index is 12.6. The second kappa shape index (κ2) is 6.57. The Bertz CT molecular complexity index is 1010. The number of nitrogens with one attached hydrogen (secondary N) is 1. The average molecular weight is 373 g/mol. The van der Waals surface area contributed by atoms with E-state index < -0.39 is 12.2 Å². The quantitative estimate of drug-likeness (QED) is 0.759. The Morgan fingerprint density at radius 3 is 2.85 bits per heavy atom. The Kier molecular flexibility index (Phi) is 4.21. The Labute approximate surface area is 153 Å². The molecule has 1 N–H and O–H groups in total. The van der Waals surface area contributed by atoms with Gasteiger partial charge in [0.1, 0.15) is 5.69 Å².